The molecule has 0 aromatic carbocycles. The molecule has 0 heterocycles. The van der Waals surface area contributed by atoms with Crippen molar-refractivity contribution in [1.82, 2.24) is 10.6 Å². The first-order valence-corrected chi connectivity index (χ1v) is 6.64. The van der Waals surface area contributed by atoms with Gasteiger partial charge in [-0.25, -0.2) is 0 Å². The summed E-state index contributed by atoms with van der Waals surface area (Å²) < 4.78 is 0. The van der Waals surface area contributed by atoms with Crippen LogP contribution in [0.1, 0.15) is 46.5 Å². The van der Waals surface area contributed by atoms with E-state index in [1.54, 1.807) is 0 Å². The van der Waals surface area contributed by atoms with Crippen molar-refractivity contribution in [2.24, 2.45) is 11.8 Å². The van der Waals surface area contributed by atoms with E-state index < -0.39 is 0 Å². The lowest BCUT2D eigenvalue weighted by Crippen LogP contribution is -2.37. The van der Waals surface area contributed by atoms with Gasteiger partial charge in [0.1, 0.15) is 0 Å². The van der Waals surface area contributed by atoms with Gasteiger partial charge in [0.15, 0.2) is 0 Å². The SMILES string of the molecule is CCC1CCC(NCCNC(=O)C(C)C)C1. The molecule has 3 nitrogen and oxygen atoms in total. The van der Waals surface area contributed by atoms with Crippen LogP contribution in [0.2, 0.25) is 0 Å². The molecule has 0 spiro atoms. The summed E-state index contributed by atoms with van der Waals surface area (Å²) in [6, 6.07) is 0.681. The maximum atomic E-state index is 11.3. The average Bonchev–Trinajstić information content (AvgIpc) is 2.71. The minimum Gasteiger partial charge on any atom is -0.355 e. The summed E-state index contributed by atoms with van der Waals surface area (Å²) in [7, 11) is 0. The molecular weight excluding hydrogens is 200 g/mol. The summed E-state index contributed by atoms with van der Waals surface area (Å²) in [6.07, 6.45) is 5.29. The number of rotatable bonds is 6. The molecule has 1 amide bonds. The highest BCUT2D eigenvalue weighted by atomic mass is 16.1. The predicted molar refractivity (Wildman–Crippen MR) is 67.3 cm³/mol. The van der Waals surface area contributed by atoms with E-state index in [-0.39, 0.29) is 11.8 Å². The molecule has 0 bridgehead atoms. The van der Waals surface area contributed by atoms with Crippen molar-refractivity contribution in [2.75, 3.05) is 13.1 Å². The van der Waals surface area contributed by atoms with Gasteiger partial charge in [0, 0.05) is 25.0 Å². The minimum atomic E-state index is 0.0935. The van der Waals surface area contributed by atoms with Crippen LogP contribution < -0.4 is 10.6 Å². The Morgan fingerprint density at radius 3 is 2.62 bits per heavy atom. The van der Waals surface area contributed by atoms with Crippen LogP contribution in [0.15, 0.2) is 0 Å². The lowest BCUT2D eigenvalue weighted by Gasteiger charge is -2.13. The molecule has 1 aliphatic rings. The highest BCUT2D eigenvalue weighted by molar-refractivity contribution is 5.77. The Morgan fingerprint density at radius 1 is 1.31 bits per heavy atom. The number of carbonyl (C=O) groups is 1. The van der Waals surface area contributed by atoms with Gasteiger partial charge in [-0.15, -0.1) is 0 Å². The van der Waals surface area contributed by atoms with E-state index in [9.17, 15) is 4.79 Å². The third-order valence-electron chi connectivity index (χ3n) is 3.50. The Morgan fingerprint density at radius 2 is 2.06 bits per heavy atom. The molecule has 1 rings (SSSR count). The van der Waals surface area contributed by atoms with Gasteiger partial charge in [0.25, 0.3) is 0 Å². The molecule has 0 aromatic heterocycles. The van der Waals surface area contributed by atoms with Crippen LogP contribution in [-0.2, 0) is 4.79 Å². The van der Waals surface area contributed by atoms with Gasteiger partial charge in [-0.1, -0.05) is 27.2 Å². The van der Waals surface area contributed by atoms with Crippen LogP contribution in [-0.4, -0.2) is 25.0 Å². The zero-order valence-electron chi connectivity index (χ0n) is 10.9. The van der Waals surface area contributed by atoms with Crippen molar-refractivity contribution in [2.45, 2.75) is 52.5 Å². The standard InChI is InChI=1S/C13H26N2O/c1-4-11-5-6-12(9-11)14-7-8-15-13(16)10(2)3/h10-12,14H,4-9H2,1-3H3,(H,15,16). The van der Waals surface area contributed by atoms with Crippen molar-refractivity contribution in [3.63, 3.8) is 0 Å². The van der Waals surface area contributed by atoms with Crippen molar-refractivity contribution in [3.8, 4) is 0 Å². The summed E-state index contributed by atoms with van der Waals surface area (Å²) >= 11 is 0. The molecule has 2 unspecified atom stereocenters. The maximum Gasteiger partial charge on any atom is 0.222 e. The first kappa shape index (κ1) is 13.5. The third kappa shape index (κ3) is 4.52. The van der Waals surface area contributed by atoms with E-state index in [0.717, 1.165) is 19.0 Å². The normalized spacial score (nSPS) is 25.0. The molecular formula is C13H26N2O. The van der Waals surface area contributed by atoms with Crippen LogP contribution >= 0.6 is 0 Å². The monoisotopic (exact) mass is 226 g/mol. The molecule has 0 aliphatic heterocycles. The number of amides is 1. The largest absolute Gasteiger partial charge is 0.355 e. The van der Waals surface area contributed by atoms with Crippen LogP contribution in [0.3, 0.4) is 0 Å². The fourth-order valence-corrected chi connectivity index (χ4v) is 2.30. The maximum absolute atomic E-state index is 11.3. The van der Waals surface area contributed by atoms with Crippen LogP contribution in [0.4, 0.5) is 0 Å². The highest BCUT2D eigenvalue weighted by Gasteiger charge is 2.22. The van der Waals surface area contributed by atoms with Crippen molar-refractivity contribution in [3.05, 3.63) is 0 Å². The molecule has 2 atom stereocenters. The van der Waals surface area contributed by atoms with Crippen LogP contribution in [0.25, 0.3) is 0 Å². The fraction of sp³-hybridized carbons (Fsp3) is 0.923. The second kappa shape index (κ2) is 6.89. The van der Waals surface area contributed by atoms with Gasteiger partial charge < -0.3 is 10.6 Å². The van der Waals surface area contributed by atoms with Crippen LogP contribution in [0, 0.1) is 11.8 Å². The minimum absolute atomic E-state index is 0.0935. The van der Waals surface area contributed by atoms with E-state index in [0.29, 0.717) is 6.04 Å². The smallest absolute Gasteiger partial charge is 0.222 e. The lowest BCUT2D eigenvalue weighted by molar-refractivity contribution is -0.123. The van der Waals surface area contributed by atoms with Crippen LogP contribution in [0.5, 0.6) is 0 Å². The summed E-state index contributed by atoms with van der Waals surface area (Å²) in [4.78, 5) is 11.3. The Labute approximate surface area is 99.4 Å². The molecule has 2 N–H and O–H groups in total. The Balaban J connectivity index is 2.02. The van der Waals surface area contributed by atoms with Gasteiger partial charge in [-0.05, 0) is 25.2 Å². The van der Waals surface area contributed by atoms with Gasteiger partial charge in [-0.3, -0.25) is 4.79 Å². The zero-order chi connectivity index (χ0) is 12.0. The predicted octanol–water partition coefficient (Wildman–Crippen LogP) is 1.93. The first-order chi connectivity index (χ1) is 7.63. The summed E-state index contributed by atoms with van der Waals surface area (Å²) in [5.74, 6) is 1.17. The number of hydrogen-bond acceptors (Lipinski definition) is 2. The van der Waals surface area contributed by atoms with Crippen molar-refractivity contribution >= 4 is 5.91 Å². The highest BCUT2D eigenvalue weighted by Crippen LogP contribution is 2.27. The van der Waals surface area contributed by atoms with Gasteiger partial charge in [-0.2, -0.15) is 0 Å². The number of carbonyl (C=O) groups excluding carboxylic acids is 1. The number of nitrogens with one attached hydrogen (secondary N) is 2. The summed E-state index contributed by atoms with van der Waals surface area (Å²) in [5.41, 5.74) is 0. The summed E-state index contributed by atoms with van der Waals surface area (Å²) in [6.45, 7) is 7.77. The molecule has 1 aliphatic carbocycles. The topological polar surface area (TPSA) is 41.1 Å². The quantitative estimate of drug-likeness (QED) is 0.679. The van der Waals surface area contributed by atoms with E-state index in [4.69, 9.17) is 0 Å². The summed E-state index contributed by atoms with van der Waals surface area (Å²) in [5, 5.41) is 6.46. The van der Waals surface area contributed by atoms with Gasteiger partial charge in [0.2, 0.25) is 5.91 Å². The van der Waals surface area contributed by atoms with Crippen molar-refractivity contribution in [1.29, 1.82) is 0 Å². The molecule has 0 aromatic rings. The Bertz CT molecular complexity index is 216. The molecule has 0 saturated heterocycles. The third-order valence-corrected chi connectivity index (χ3v) is 3.50. The first-order valence-electron chi connectivity index (χ1n) is 6.64. The number of hydrogen-bond donors (Lipinski definition) is 2. The molecule has 1 saturated carbocycles. The molecule has 94 valence electrons. The van der Waals surface area contributed by atoms with Gasteiger partial charge >= 0.3 is 0 Å². The fourth-order valence-electron chi connectivity index (χ4n) is 2.30. The molecule has 0 radical (unpaired) electrons. The lowest BCUT2D eigenvalue weighted by atomic mass is 10.1. The van der Waals surface area contributed by atoms with E-state index >= 15 is 0 Å². The Kier molecular flexibility index (Phi) is 5.81. The second-order valence-corrected chi connectivity index (χ2v) is 5.18. The average molecular weight is 226 g/mol. The Hall–Kier alpha value is -0.570. The molecule has 16 heavy (non-hydrogen) atoms. The van der Waals surface area contributed by atoms with Crippen molar-refractivity contribution < 1.29 is 4.79 Å². The van der Waals surface area contributed by atoms with E-state index in [1.807, 2.05) is 13.8 Å². The molecule has 1 fully saturated rings. The second-order valence-electron chi connectivity index (χ2n) is 5.18. The zero-order valence-corrected chi connectivity index (χ0v) is 10.9. The van der Waals surface area contributed by atoms with E-state index in [2.05, 4.69) is 17.6 Å². The van der Waals surface area contributed by atoms with Gasteiger partial charge in [0.05, 0.1) is 0 Å². The molecule has 3 heteroatoms. The van der Waals surface area contributed by atoms with E-state index in [1.165, 1.54) is 25.7 Å².